The molecule has 0 aliphatic heterocycles. The third kappa shape index (κ3) is 2.15. The van der Waals surface area contributed by atoms with Crippen LogP contribution in [0.3, 0.4) is 0 Å². The van der Waals surface area contributed by atoms with Crippen LogP contribution in [-0.4, -0.2) is 22.6 Å². The summed E-state index contributed by atoms with van der Waals surface area (Å²) in [6, 6.07) is 6.06. The summed E-state index contributed by atoms with van der Waals surface area (Å²) in [6.07, 6.45) is 2.21. The first-order valence-electron chi connectivity index (χ1n) is 6.61. The predicted octanol–water partition coefficient (Wildman–Crippen LogP) is 2.49. The van der Waals surface area contributed by atoms with Gasteiger partial charge in [0.1, 0.15) is 0 Å². The first-order valence-corrected chi connectivity index (χ1v) is 6.61. The Morgan fingerprint density at radius 3 is 2.50 bits per heavy atom. The third-order valence-corrected chi connectivity index (χ3v) is 3.22. The van der Waals surface area contributed by atoms with E-state index in [0.717, 1.165) is 42.7 Å². The number of nitrogens with one attached hydrogen (secondary N) is 1. The molecule has 1 aromatic heterocycles. The molecule has 0 unspecified atom stereocenters. The van der Waals surface area contributed by atoms with Gasteiger partial charge in [-0.05, 0) is 25.0 Å². The van der Waals surface area contributed by atoms with Gasteiger partial charge in [-0.3, -0.25) is 4.57 Å². The number of H-pyrrole nitrogens is 1. The second-order valence-corrected chi connectivity index (χ2v) is 4.65. The lowest BCUT2D eigenvalue weighted by molar-refractivity contribution is 0.744. The van der Waals surface area contributed by atoms with Gasteiger partial charge in [0.05, 0.1) is 16.7 Å². The number of aromatic nitrogens is 2. The van der Waals surface area contributed by atoms with E-state index in [1.165, 1.54) is 0 Å². The number of aromatic amines is 1. The van der Waals surface area contributed by atoms with Crippen molar-refractivity contribution in [2.45, 2.75) is 26.7 Å². The number of imidazole rings is 1. The minimum Gasteiger partial charge on any atom is -0.370 e. The third-order valence-electron chi connectivity index (χ3n) is 3.22. The average Bonchev–Trinajstić information content (AvgIpc) is 2.65. The minimum atomic E-state index is -0.0506. The molecule has 0 aliphatic rings. The van der Waals surface area contributed by atoms with Crippen LogP contribution in [0.2, 0.25) is 0 Å². The lowest BCUT2D eigenvalue weighted by Gasteiger charge is -2.24. The van der Waals surface area contributed by atoms with E-state index >= 15 is 0 Å². The van der Waals surface area contributed by atoms with Crippen LogP contribution in [0.5, 0.6) is 0 Å². The number of nitrogens with zero attached hydrogens (tertiary/aromatic N) is 2. The van der Waals surface area contributed by atoms with Gasteiger partial charge in [-0.15, -0.1) is 0 Å². The number of aryl methyl sites for hydroxylation is 1. The number of para-hydroxylation sites is 1. The number of benzene rings is 1. The number of fused-ring (bicyclic) bond motifs is 1. The molecule has 2 aromatic rings. The van der Waals surface area contributed by atoms with Crippen LogP contribution < -0.4 is 10.6 Å². The SMILES string of the molecule is CCCN(CCC)c1cccc2[nH]c(=O)n(C)c12. The van der Waals surface area contributed by atoms with Gasteiger partial charge in [0.2, 0.25) is 0 Å². The molecule has 0 saturated carbocycles. The average molecular weight is 247 g/mol. The zero-order chi connectivity index (χ0) is 13.1. The molecule has 98 valence electrons. The summed E-state index contributed by atoms with van der Waals surface area (Å²) >= 11 is 0. The van der Waals surface area contributed by atoms with Crippen LogP contribution in [0.25, 0.3) is 11.0 Å². The Morgan fingerprint density at radius 1 is 1.22 bits per heavy atom. The smallest absolute Gasteiger partial charge is 0.326 e. The second-order valence-electron chi connectivity index (χ2n) is 4.65. The lowest BCUT2D eigenvalue weighted by atomic mass is 10.2. The standard InChI is InChI=1S/C14H21N3O/c1-4-9-17(10-5-2)12-8-6-7-11-13(12)16(3)14(18)15-11/h6-8H,4-5,9-10H2,1-3H3,(H,15,18). The van der Waals surface area contributed by atoms with Crippen LogP contribution in [0.15, 0.2) is 23.0 Å². The van der Waals surface area contributed by atoms with Crippen molar-refractivity contribution in [3.63, 3.8) is 0 Å². The minimum absolute atomic E-state index is 0.0506. The van der Waals surface area contributed by atoms with Gasteiger partial charge in [0.25, 0.3) is 0 Å². The molecular weight excluding hydrogens is 226 g/mol. The fourth-order valence-electron chi connectivity index (χ4n) is 2.43. The normalized spacial score (nSPS) is 11.1. The Hall–Kier alpha value is -1.71. The number of hydrogen-bond donors (Lipinski definition) is 1. The molecule has 1 aromatic carbocycles. The fraction of sp³-hybridized carbons (Fsp3) is 0.500. The van der Waals surface area contributed by atoms with E-state index in [4.69, 9.17) is 0 Å². The summed E-state index contributed by atoms with van der Waals surface area (Å²) in [5.41, 5.74) is 3.02. The van der Waals surface area contributed by atoms with Crippen LogP contribution in [0.4, 0.5) is 5.69 Å². The maximum absolute atomic E-state index is 11.7. The van der Waals surface area contributed by atoms with Gasteiger partial charge in [-0.25, -0.2) is 4.79 Å². The van der Waals surface area contributed by atoms with Crippen LogP contribution >= 0.6 is 0 Å². The van der Waals surface area contributed by atoms with E-state index in [1.54, 1.807) is 4.57 Å². The fourth-order valence-corrected chi connectivity index (χ4v) is 2.43. The Balaban J connectivity index is 2.57. The van der Waals surface area contributed by atoms with Gasteiger partial charge in [0, 0.05) is 20.1 Å². The Kier molecular flexibility index (Phi) is 3.75. The summed E-state index contributed by atoms with van der Waals surface area (Å²) in [5.74, 6) is 0. The molecule has 4 nitrogen and oxygen atoms in total. The van der Waals surface area contributed by atoms with E-state index in [-0.39, 0.29) is 5.69 Å². The molecule has 0 amide bonds. The summed E-state index contributed by atoms with van der Waals surface area (Å²) in [4.78, 5) is 17.0. The highest BCUT2D eigenvalue weighted by molar-refractivity contribution is 5.89. The molecule has 18 heavy (non-hydrogen) atoms. The van der Waals surface area contributed by atoms with E-state index in [2.05, 4.69) is 29.8 Å². The van der Waals surface area contributed by atoms with Gasteiger partial charge < -0.3 is 9.88 Å². The maximum Gasteiger partial charge on any atom is 0.326 e. The zero-order valence-electron chi connectivity index (χ0n) is 11.4. The molecule has 0 radical (unpaired) electrons. The molecule has 1 heterocycles. The topological polar surface area (TPSA) is 41.0 Å². The number of rotatable bonds is 5. The highest BCUT2D eigenvalue weighted by Crippen LogP contribution is 2.24. The van der Waals surface area contributed by atoms with Crippen molar-refractivity contribution in [1.29, 1.82) is 0 Å². The van der Waals surface area contributed by atoms with Crippen molar-refractivity contribution in [2.75, 3.05) is 18.0 Å². The van der Waals surface area contributed by atoms with Crippen molar-refractivity contribution >= 4 is 16.7 Å². The molecule has 0 bridgehead atoms. The van der Waals surface area contributed by atoms with E-state index in [1.807, 2.05) is 19.2 Å². The summed E-state index contributed by atoms with van der Waals surface area (Å²) in [6.45, 7) is 6.40. The monoisotopic (exact) mass is 247 g/mol. The van der Waals surface area contributed by atoms with E-state index in [0.29, 0.717) is 0 Å². The van der Waals surface area contributed by atoms with Gasteiger partial charge in [0.15, 0.2) is 0 Å². The molecule has 0 saturated heterocycles. The quantitative estimate of drug-likeness (QED) is 0.882. The summed E-state index contributed by atoms with van der Waals surface area (Å²) in [5, 5.41) is 0. The first kappa shape index (κ1) is 12.7. The molecule has 2 rings (SSSR count). The number of anilines is 1. The van der Waals surface area contributed by atoms with Crippen molar-refractivity contribution in [2.24, 2.45) is 7.05 Å². The summed E-state index contributed by atoms with van der Waals surface area (Å²) in [7, 11) is 1.82. The Bertz CT molecular complexity index is 576. The lowest BCUT2D eigenvalue weighted by Crippen LogP contribution is -2.25. The first-order chi connectivity index (χ1) is 8.69. The van der Waals surface area contributed by atoms with Gasteiger partial charge in [-0.2, -0.15) is 0 Å². The van der Waals surface area contributed by atoms with Crippen molar-refractivity contribution in [3.05, 3.63) is 28.7 Å². The second kappa shape index (κ2) is 5.29. The van der Waals surface area contributed by atoms with E-state index in [9.17, 15) is 4.79 Å². The summed E-state index contributed by atoms with van der Waals surface area (Å²) < 4.78 is 1.70. The Labute approximate surface area is 107 Å². The molecule has 0 atom stereocenters. The molecule has 0 spiro atoms. The van der Waals surface area contributed by atoms with Crippen molar-refractivity contribution in [3.8, 4) is 0 Å². The van der Waals surface area contributed by atoms with Crippen molar-refractivity contribution < 1.29 is 0 Å². The highest BCUT2D eigenvalue weighted by Gasteiger charge is 2.12. The molecule has 0 aliphatic carbocycles. The van der Waals surface area contributed by atoms with Gasteiger partial charge in [-0.1, -0.05) is 19.9 Å². The van der Waals surface area contributed by atoms with Crippen molar-refractivity contribution in [1.82, 2.24) is 9.55 Å². The number of hydrogen-bond acceptors (Lipinski definition) is 2. The zero-order valence-corrected chi connectivity index (χ0v) is 11.4. The maximum atomic E-state index is 11.7. The van der Waals surface area contributed by atoms with Crippen LogP contribution in [-0.2, 0) is 7.05 Å². The molecule has 1 N–H and O–H groups in total. The Morgan fingerprint density at radius 2 is 1.89 bits per heavy atom. The van der Waals surface area contributed by atoms with Gasteiger partial charge >= 0.3 is 5.69 Å². The van der Waals surface area contributed by atoms with Crippen LogP contribution in [0, 0.1) is 0 Å². The molecule has 4 heteroatoms. The molecule has 0 fully saturated rings. The van der Waals surface area contributed by atoms with Crippen LogP contribution in [0.1, 0.15) is 26.7 Å². The largest absolute Gasteiger partial charge is 0.370 e. The highest BCUT2D eigenvalue weighted by atomic mass is 16.1. The van der Waals surface area contributed by atoms with E-state index < -0.39 is 0 Å². The predicted molar refractivity (Wildman–Crippen MR) is 76.3 cm³/mol. The molecular formula is C14H21N3O.